The van der Waals surface area contributed by atoms with E-state index >= 15 is 0 Å². The molecule has 0 amide bonds. The lowest BCUT2D eigenvalue weighted by molar-refractivity contribution is 0.244. The highest BCUT2D eigenvalue weighted by Crippen LogP contribution is 2.20. The molecule has 154 valence electrons. The van der Waals surface area contributed by atoms with E-state index in [4.69, 9.17) is 5.14 Å². The zero-order valence-corrected chi connectivity index (χ0v) is 18.3. The highest BCUT2D eigenvalue weighted by molar-refractivity contribution is 7.87. The molecule has 0 saturated heterocycles. The predicted molar refractivity (Wildman–Crippen MR) is 116 cm³/mol. The molecule has 0 aliphatic carbocycles. The van der Waals surface area contributed by atoms with Crippen molar-refractivity contribution in [1.29, 1.82) is 0 Å². The van der Waals surface area contributed by atoms with Crippen molar-refractivity contribution >= 4 is 11.5 Å². The molecule has 2 rings (SSSR count). The maximum atomic E-state index is 10.9. The number of pyridine rings is 2. The van der Waals surface area contributed by atoms with Crippen LogP contribution in [0.4, 0.5) is 0 Å². The number of aromatic nitrogens is 2. The van der Waals surface area contributed by atoms with Crippen LogP contribution in [0, 0.1) is 13.8 Å². The Bertz CT molecular complexity index is 738. The minimum Gasteiger partial charge on any atom is -0.579 e. The minimum atomic E-state index is -1.44. The monoisotopic (exact) mass is 403 g/mol. The summed E-state index contributed by atoms with van der Waals surface area (Å²) in [5.74, 6) is 0.438. The Hall–Kier alpha value is -1.51. The summed E-state index contributed by atoms with van der Waals surface area (Å²) in [6.07, 6.45) is 5.70. The van der Waals surface area contributed by atoms with Gasteiger partial charge in [-0.05, 0) is 61.9 Å². The maximum absolute atomic E-state index is 10.9. The fraction of sp³-hybridized carbons (Fsp3) is 0.524. The van der Waals surface area contributed by atoms with Crippen molar-refractivity contribution in [3.05, 3.63) is 58.7 Å². The van der Waals surface area contributed by atoms with Crippen LogP contribution in [0.25, 0.3) is 0 Å². The average Bonchev–Trinajstić information content (AvgIpc) is 2.63. The molecule has 2 aromatic rings. The largest absolute Gasteiger partial charge is 0.579 e. The molecule has 6 nitrogen and oxygen atoms in total. The van der Waals surface area contributed by atoms with Gasteiger partial charge in [-0.1, -0.05) is 26.0 Å². The van der Waals surface area contributed by atoms with Crippen molar-refractivity contribution < 1.29 is 4.55 Å². The van der Waals surface area contributed by atoms with Gasteiger partial charge in [-0.15, -0.1) is 9.86 Å². The van der Waals surface area contributed by atoms with Crippen molar-refractivity contribution in [2.75, 3.05) is 13.1 Å². The molecule has 0 bridgehead atoms. The molecular weight excluding hydrogens is 370 g/mol. The van der Waals surface area contributed by atoms with Gasteiger partial charge in [-0.25, -0.2) is 0 Å². The van der Waals surface area contributed by atoms with E-state index in [2.05, 4.69) is 59.4 Å². The third-order valence-corrected chi connectivity index (χ3v) is 5.25. The van der Waals surface area contributed by atoms with Gasteiger partial charge < -0.3 is 4.55 Å². The molecule has 0 radical (unpaired) electrons. The molecule has 2 heterocycles. The SMILES string of the molecule is Cc1cnc(CN(CCCCN[S+](N)[O-])Cc2ncccc2C(C)C)c(C)c1. The smallest absolute Gasteiger partial charge is 0.132 e. The zero-order chi connectivity index (χ0) is 20.5. The normalized spacial score (nSPS) is 12.7. The molecule has 0 aliphatic rings. The number of hydrogen-bond donors (Lipinski definition) is 2. The van der Waals surface area contributed by atoms with Crippen LogP contribution in [0.1, 0.15) is 60.7 Å². The van der Waals surface area contributed by atoms with E-state index in [1.807, 2.05) is 18.5 Å². The fourth-order valence-corrected chi connectivity index (χ4v) is 3.63. The second kappa shape index (κ2) is 11.5. The average molecular weight is 404 g/mol. The first-order valence-electron chi connectivity index (χ1n) is 9.84. The van der Waals surface area contributed by atoms with Crippen LogP contribution in [0.3, 0.4) is 0 Å². The Balaban J connectivity index is 2.09. The van der Waals surface area contributed by atoms with Crippen molar-refractivity contribution in [2.45, 2.75) is 59.5 Å². The van der Waals surface area contributed by atoms with Crippen LogP contribution in [-0.2, 0) is 24.6 Å². The van der Waals surface area contributed by atoms with Gasteiger partial charge in [-0.2, -0.15) is 0 Å². The van der Waals surface area contributed by atoms with Crippen LogP contribution in [0.15, 0.2) is 30.6 Å². The Kier molecular flexibility index (Phi) is 9.34. The van der Waals surface area contributed by atoms with Crippen molar-refractivity contribution in [1.82, 2.24) is 19.6 Å². The first-order chi connectivity index (χ1) is 13.4. The summed E-state index contributed by atoms with van der Waals surface area (Å²) in [4.78, 5) is 11.7. The van der Waals surface area contributed by atoms with E-state index in [1.54, 1.807) is 0 Å². The van der Waals surface area contributed by atoms with E-state index in [0.29, 0.717) is 12.5 Å². The minimum absolute atomic E-state index is 0.438. The summed E-state index contributed by atoms with van der Waals surface area (Å²) >= 11 is -1.44. The maximum Gasteiger partial charge on any atom is 0.132 e. The first kappa shape index (κ1) is 22.8. The quantitative estimate of drug-likeness (QED) is 0.442. The van der Waals surface area contributed by atoms with Gasteiger partial charge in [0.2, 0.25) is 0 Å². The number of aryl methyl sites for hydroxylation is 2. The Morgan fingerprint density at radius 1 is 1.18 bits per heavy atom. The predicted octanol–water partition coefficient (Wildman–Crippen LogP) is 3.13. The lowest BCUT2D eigenvalue weighted by Gasteiger charge is -2.24. The molecular formula is C21H33N5OS. The number of unbranched alkanes of at least 4 members (excludes halogenated alkanes) is 1. The van der Waals surface area contributed by atoms with Crippen LogP contribution in [-0.4, -0.2) is 32.5 Å². The Morgan fingerprint density at radius 3 is 2.61 bits per heavy atom. The van der Waals surface area contributed by atoms with Gasteiger partial charge in [0.05, 0.1) is 11.4 Å². The highest BCUT2D eigenvalue weighted by atomic mass is 32.2. The van der Waals surface area contributed by atoms with Gasteiger partial charge in [0.1, 0.15) is 11.5 Å². The molecule has 2 aromatic heterocycles. The molecule has 0 aliphatic heterocycles. The third-order valence-electron chi connectivity index (χ3n) is 4.76. The van der Waals surface area contributed by atoms with E-state index < -0.39 is 11.5 Å². The Labute approximate surface area is 172 Å². The molecule has 0 saturated carbocycles. The summed E-state index contributed by atoms with van der Waals surface area (Å²) in [7, 11) is 0. The molecule has 3 N–H and O–H groups in total. The lowest BCUT2D eigenvalue weighted by Crippen LogP contribution is -2.32. The standard InChI is InChI=1S/C21H33N5OS/c1-16(2)19-8-7-9-23-21(19)15-26(11-6-5-10-25-28(22)27)14-20-18(4)12-17(3)13-24-20/h7-9,12-13,16,25H,5-6,10-11,14-15,22H2,1-4H3. The van der Waals surface area contributed by atoms with E-state index in [-0.39, 0.29) is 0 Å². The molecule has 28 heavy (non-hydrogen) atoms. The summed E-state index contributed by atoms with van der Waals surface area (Å²) < 4.78 is 13.7. The molecule has 1 unspecified atom stereocenters. The van der Waals surface area contributed by atoms with Crippen LogP contribution >= 0.6 is 0 Å². The number of nitrogens with zero attached hydrogens (tertiary/aromatic N) is 3. The van der Waals surface area contributed by atoms with Gasteiger partial charge >= 0.3 is 0 Å². The van der Waals surface area contributed by atoms with Gasteiger partial charge in [0.15, 0.2) is 0 Å². The van der Waals surface area contributed by atoms with Crippen LogP contribution < -0.4 is 9.86 Å². The van der Waals surface area contributed by atoms with E-state index in [0.717, 1.165) is 43.9 Å². The Morgan fingerprint density at radius 2 is 1.93 bits per heavy atom. The van der Waals surface area contributed by atoms with Gasteiger partial charge in [-0.3, -0.25) is 14.9 Å². The number of hydrogen-bond acceptors (Lipinski definition) is 6. The third kappa shape index (κ3) is 7.48. The van der Waals surface area contributed by atoms with Crippen LogP contribution in [0.5, 0.6) is 0 Å². The van der Waals surface area contributed by atoms with Crippen molar-refractivity contribution in [3.63, 3.8) is 0 Å². The summed E-state index contributed by atoms with van der Waals surface area (Å²) in [6.45, 7) is 11.7. The van der Waals surface area contributed by atoms with Crippen LogP contribution in [0.2, 0.25) is 0 Å². The number of nitrogens with two attached hydrogens (primary N) is 1. The topological polar surface area (TPSA) is 90.1 Å². The molecule has 0 fully saturated rings. The molecule has 0 aromatic carbocycles. The molecule has 0 spiro atoms. The van der Waals surface area contributed by atoms with E-state index in [9.17, 15) is 4.55 Å². The highest BCUT2D eigenvalue weighted by Gasteiger charge is 2.14. The summed E-state index contributed by atoms with van der Waals surface area (Å²) in [6, 6.07) is 6.36. The number of nitrogens with one attached hydrogen (secondary N) is 1. The summed E-state index contributed by atoms with van der Waals surface area (Å²) in [5, 5.41) is 5.25. The van der Waals surface area contributed by atoms with Gasteiger partial charge in [0.25, 0.3) is 0 Å². The first-order valence-corrected chi connectivity index (χ1v) is 11.1. The van der Waals surface area contributed by atoms with E-state index in [1.165, 1.54) is 16.7 Å². The number of rotatable bonds is 11. The van der Waals surface area contributed by atoms with Crippen molar-refractivity contribution in [3.8, 4) is 0 Å². The second-order valence-electron chi connectivity index (χ2n) is 7.58. The zero-order valence-electron chi connectivity index (χ0n) is 17.4. The van der Waals surface area contributed by atoms with Crippen molar-refractivity contribution in [2.24, 2.45) is 5.14 Å². The summed E-state index contributed by atoms with van der Waals surface area (Å²) in [5.41, 5.74) is 5.93. The fourth-order valence-electron chi connectivity index (χ4n) is 3.29. The lowest BCUT2D eigenvalue weighted by atomic mass is 10.0. The molecule has 1 atom stereocenters. The second-order valence-corrected chi connectivity index (χ2v) is 8.46. The van der Waals surface area contributed by atoms with Gasteiger partial charge in [0, 0.05) is 32.0 Å². The molecule has 7 heteroatoms.